The molecule has 1 atom stereocenters. The van der Waals surface area contributed by atoms with Gasteiger partial charge in [-0.25, -0.2) is 0 Å². The molecule has 0 bridgehead atoms. The van der Waals surface area contributed by atoms with Crippen LogP contribution in [0.2, 0.25) is 25.2 Å². The summed E-state index contributed by atoms with van der Waals surface area (Å²) in [4.78, 5) is 0. The van der Waals surface area contributed by atoms with Crippen LogP contribution in [0.3, 0.4) is 0 Å². The fourth-order valence-electron chi connectivity index (χ4n) is 3.09. The van der Waals surface area contributed by atoms with E-state index in [-0.39, 0.29) is 0 Å². The van der Waals surface area contributed by atoms with E-state index >= 15 is 0 Å². The largest absolute Gasteiger partial charge is 0.436 e. The maximum absolute atomic E-state index is 6.37. The van der Waals surface area contributed by atoms with Gasteiger partial charge in [-0.3, -0.25) is 0 Å². The van der Waals surface area contributed by atoms with Crippen LogP contribution in [0.25, 0.3) is 0 Å². The van der Waals surface area contributed by atoms with Gasteiger partial charge in [-0.2, -0.15) is 0 Å². The van der Waals surface area contributed by atoms with Crippen molar-refractivity contribution in [2.75, 3.05) is 6.61 Å². The van der Waals surface area contributed by atoms with Crippen LogP contribution in [-0.2, 0) is 8.54 Å². The Bertz CT molecular complexity index is 251. The predicted octanol–water partition coefficient (Wildman–Crippen LogP) is 6.04. The van der Waals surface area contributed by atoms with Crippen molar-refractivity contribution in [2.24, 2.45) is 0 Å². The quantitative estimate of drug-likeness (QED) is 0.359. The summed E-state index contributed by atoms with van der Waals surface area (Å²) in [7, 11) is -2.40. The summed E-state index contributed by atoms with van der Waals surface area (Å²) in [5.41, 5.74) is 0. The van der Waals surface area contributed by atoms with Crippen LogP contribution in [-0.4, -0.2) is 24.2 Å². The summed E-state index contributed by atoms with van der Waals surface area (Å²) in [6.07, 6.45) is 15.1. The lowest BCUT2D eigenvalue weighted by Crippen LogP contribution is -2.44. The Kier molecular flexibility index (Phi) is 11.0. The molecule has 2 nitrogen and oxygen atoms in total. The van der Waals surface area contributed by atoms with E-state index in [9.17, 15) is 0 Å². The van der Waals surface area contributed by atoms with E-state index in [1.54, 1.807) is 0 Å². The molecule has 1 aliphatic heterocycles. The zero-order valence-corrected chi connectivity index (χ0v) is 16.7. The third-order valence-corrected chi connectivity index (χ3v) is 10.7. The van der Waals surface area contributed by atoms with Gasteiger partial charge < -0.3 is 8.54 Å². The Morgan fingerprint density at radius 1 is 0.905 bits per heavy atom. The first-order chi connectivity index (χ1) is 10.2. The Balaban J connectivity index is 2.04. The van der Waals surface area contributed by atoms with E-state index < -0.39 is 17.6 Å². The minimum absolute atomic E-state index is 0.580. The molecule has 1 heterocycles. The van der Waals surface area contributed by atoms with Crippen LogP contribution < -0.4 is 0 Å². The maximum Gasteiger partial charge on any atom is 0.324 e. The first-order valence-corrected chi connectivity index (χ1v) is 14.0. The van der Waals surface area contributed by atoms with Crippen molar-refractivity contribution in [2.45, 2.75) is 103 Å². The van der Waals surface area contributed by atoms with Gasteiger partial charge in [-0.05, 0) is 31.6 Å². The van der Waals surface area contributed by atoms with Gasteiger partial charge in [0.1, 0.15) is 0 Å². The zero-order valence-electron chi connectivity index (χ0n) is 14.7. The summed E-state index contributed by atoms with van der Waals surface area (Å²) in [6, 6.07) is 2.53. The molecule has 1 aliphatic rings. The maximum atomic E-state index is 6.37. The van der Waals surface area contributed by atoms with E-state index in [4.69, 9.17) is 8.54 Å². The second kappa shape index (κ2) is 11.9. The van der Waals surface area contributed by atoms with Crippen molar-refractivity contribution in [1.29, 1.82) is 0 Å². The van der Waals surface area contributed by atoms with E-state index in [1.165, 1.54) is 82.7 Å². The van der Waals surface area contributed by atoms with Crippen molar-refractivity contribution < 1.29 is 8.54 Å². The van der Waals surface area contributed by atoms with Crippen LogP contribution in [0.4, 0.5) is 0 Å². The SMILES string of the molecule is CCCCCCCCCCC[Si]1(C)OCCCC[Si](C)O1. The second-order valence-corrected chi connectivity index (χ2v) is 12.6. The van der Waals surface area contributed by atoms with E-state index in [0.29, 0.717) is 0 Å². The van der Waals surface area contributed by atoms with Crippen molar-refractivity contribution in [1.82, 2.24) is 0 Å². The van der Waals surface area contributed by atoms with Gasteiger partial charge in [0.25, 0.3) is 0 Å². The van der Waals surface area contributed by atoms with Gasteiger partial charge in [0, 0.05) is 6.61 Å². The highest BCUT2D eigenvalue weighted by Crippen LogP contribution is 2.23. The lowest BCUT2D eigenvalue weighted by Gasteiger charge is -2.32. The van der Waals surface area contributed by atoms with Crippen LogP contribution >= 0.6 is 0 Å². The molecule has 0 aromatic rings. The van der Waals surface area contributed by atoms with Gasteiger partial charge in [0.2, 0.25) is 0 Å². The average molecular weight is 330 g/mol. The van der Waals surface area contributed by atoms with Crippen molar-refractivity contribution in [3.05, 3.63) is 0 Å². The summed E-state index contributed by atoms with van der Waals surface area (Å²) < 4.78 is 12.5. The molecule has 0 spiro atoms. The molecule has 125 valence electrons. The zero-order chi connectivity index (χ0) is 15.4. The predicted molar refractivity (Wildman–Crippen MR) is 96.3 cm³/mol. The normalized spacial score (nSPS) is 24.7. The smallest absolute Gasteiger partial charge is 0.324 e. The van der Waals surface area contributed by atoms with Crippen LogP contribution in [0.5, 0.6) is 0 Å². The molecule has 0 aromatic carbocycles. The monoisotopic (exact) mass is 329 g/mol. The molecule has 0 aliphatic carbocycles. The van der Waals surface area contributed by atoms with Crippen molar-refractivity contribution >= 4 is 17.6 Å². The van der Waals surface area contributed by atoms with E-state index in [1.807, 2.05) is 0 Å². The Hall–Kier alpha value is 0.354. The highest BCUT2D eigenvalue weighted by Gasteiger charge is 2.34. The van der Waals surface area contributed by atoms with Gasteiger partial charge in [0.05, 0.1) is 0 Å². The van der Waals surface area contributed by atoms with E-state index in [0.717, 1.165) is 6.61 Å². The molecule has 1 radical (unpaired) electrons. The van der Waals surface area contributed by atoms with Crippen molar-refractivity contribution in [3.63, 3.8) is 0 Å². The standard InChI is InChI=1S/C17H37O2Si2/c1-4-5-6-7-8-9-10-11-14-17-21(3)18-15-12-13-16-20(2)19-21/h4-17H2,1-3H3. The third kappa shape index (κ3) is 9.87. The summed E-state index contributed by atoms with van der Waals surface area (Å²) in [5, 5.41) is 0. The first kappa shape index (κ1) is 19.4. The van der Waals surface area contributed by atoms with Gasteiger partial charge >= 0.3 is 8.56 Å². The third-order valence-electron chi connectivity index (χ3n) is 4.46. The van der Waals surface area contributed by atoms with E-state index in [2.05, 4.69) is 20.0 Å². The molecule has 0 amide bonds. The summed E-state index contributed by atoms with van der Waals surface area (Å²) >= 11 is 0. The lowest BCUT2D eigenvalue weighted by atomic mass is 10.1. The van der Waals surface area contributed by atoms with Gasteiger partial charge in [-0.1, -0.05) is 71.1 Å². The number of rotatable bonds is 10. The molecule has 1 rings (SSSR count). The van der Waals surface area contributed by atoms with Gasteiger partial charge in [0.15, 0.2) is 9.04 Å². The molecule has 21 heavy (non-hydrogen) atoms. The summed E-state index contributed by atoms with van der Waals surface area (Å²) in [5.74, 6) is 0. The molecular weight excluding hydrogens is 292 g/mol. The Morgan fingerprint density at radius 2 is 1.52 bits per heavy atom. The second-order valence-electron chi connectivity index (χ2n) is 6.82. The number of hydrogen-bond donors (Lipinski definition) is 0. The molecule has 1 unspecified atom stereocenters. The van der Waals surface area contributed by atoms with Crippen molar-refractivity contribution in [3.8, 4) is 0 Å². The lowest BCUT2D eigenvalue weighted by molar-refractivity contribution is 0.228. The van der Waals surface area contributed by atoms with Gasteiger partial charge in [-0.15, -0.1) is 0 Å². The Morgan fingerprint density at radius 3 is 2.19 bits per heavy atom. The minimum atomic E-state index is -1.82. The van der Waals surface area contributed by atoms with Crippen LogP contribution in [0, 0.1) is 0 Å². The summed E-state index contributed by atoms with van der Waals surface area (Å²) in [6.45, 7) is 7.85. The minimum Gasteiger partial charge on any atom is -0.436 e. The average Bonchev–Trinajstić information content (AvgIpc) is 2.43. The first-order valence-electron chi connectivity index (χ1n) is 9.32. The molecule has 1 fully saturated rings. The molecule has 1 saturated heterocycles. The molecule has 4 heteroatoms. The van der Waals surface area contributed by atoms with Crippen LogP contribution in [0.1, 0.15) is 77.6 Å². The fourth-order valence-corrected chi connectivity index (χ4v) is 9.45. The molecule has 0 saturated carbocycles. The molecule has 0 aromatic heterocycles. The van der Waals surface area contributed by atoms with Crippen LogP contribution in [0.15, 0.2) is 0 Å². The molecule has 0 N–H and O–H groups in total. The highest BCUT2D eigenvalue weighted by molar-refractivity contribution is 6.74. The fraction of sp³-hybridized carbons (Fsp3) is 1.00. The Labute approximate surface area is 136 Å². The highest BCUT2D eigenvalue weighted by atomic mass is 28.4. The number of unbranched alkanes of at least 4 members (excludes halogenated alkanes) is 8. The number of hydrogen-bond acceptors (Lipinski definition) is 2. The topological polar surface area (TPSA) is 18.5 Å². The molecular formula is C17H37O2Si2.